The van der Waals surface area contributed by atoms with Crippen LogP contribution in [0.15, 0.2) is 5.38 Å². The third-order valence-corrected chi connectivity index (χ3v) is 7.70. The summed E-state index contributed by atoms with van der Waals surface area (Å²) in [5, 5.41) is 6.05. The van der Waals surface area contributed by atoms with Crippen LogP contribution in [0.5, 0.6) is 0 Å². The van der Waals surface area contributed by atoms with Gasteiger partial charge >= 0.3 is 0 Å². The molecule has 0 radical (unpaired) electrons. The van der Waals surface area contributed by atoms with E-state index in [0.717, 1.165) is 41.1 Å². The second-order valence-electron chi connectivity index (χ2n) is 5.74. The molecule has 1 fully saturated rings. The van der Waals surface area contributed by atoms with Crippen LogP contribution in [0.1, 0.15) is 42.2 Å². The first kappa shape index (κ1) is 16.3. The Balaban J connectivity index is 2.22. The Morgan fingerprint density at radius 3 is 2.65 bits per heavy atom. The first-order valence-electron chi connectivity index (χ1n) is 6.94. The van der Waals surface area contributed by atoms with E-state index in [1.807, 2.05) is 14.0 Å². The predicted octanol–water partition coefficient (Wildman–Crippen LogP) is 3.57. The average Bonchev–Trinajstić information content (AvgIpc) is 2.72. The van der Waals surface area contributed by atoms with Crippen LogP contribution in [-0.2, 0) is 9.84 Å². The van der Waals surface area contributed by atoms with Gasteiger partial charge in [0, 0.05) is 17.2 Å². The number of aryl methyl sites for hydroxylation is 1. The van der Waals surface area contributed by atoms with Crippen LogP contribution >= 0.6 is 22.9 Å². The second kappa shape index (κ2) is 6.34. The van der Waals surface area contributed by atoms with Gasteiger partial charge in [-0.1, -0.05) is 18.0 Å². The Hall–Kier alpha value is -0.100. The van der Waals surface area contributed by atoms with Crippen molar-refractivity contribution in [3.63, 3.8) is 0 Å². The quantitative estimate of drug-likeness (QED) is 0.914. The van der Waals surface area contributed by atoms with E-state index >= 15 is 0 Å². The summed E-state index contributed by atoms with van der Waals surface area (Å²) in [6.07, 6.45) is 4.92. The van der Waals surface area contributed by atoms with Crippen LogP contribution in [0, 0.1) is 12.8 Å². The molecule has 3 nitrogen and oxygen atoms in total. The van der Waals surface area contributed by atoms with E-state index in [1.165, 1.54) is 6.26 Å². The van der Waals surface area contributed by atoms with Gasteiger partial charge in [0.1, 0.15) is 9.84 Å². The summed E-state index contributed by atoms with van der Waals surface area (Å²) in [5.41, 5.74) is 1.10. The van der Waals surface area contributed by atoms with Crippen LogP contribution in [0.2, 0.25) is 5.02 Å². The van der Waals surface area contributed by atoms with Gasteiger partial charge in [-0.3, -0.25) is 0 Å². The Morgan fingerprint density at radius 1 is 1.45 bits per heavy atom. The Kier molecular flexibility index (Phi) is 5.16. The molecule has 1 N–H and O–H groups in total. The zero-order chi connectivity index (χ0) is 14.9. The highest BCUT2D eigenvalue weighted by molar-refractivity contribution is 7.91. The van der Waals surface area contributed by atoms with E-state index in [2.05, 4.69) is 10.7 Å². The minimum absolute atomic E-state index is 0.158. The molecule has 3 atom stereocenters. The molecule has 3 unspecified atom stereocenters. The maximum Gasteiger partial charge on any atom is 0.150 e. The number of sulfone groups is 1. The Labute approximate surface area is 130 Å². The van der Waals surface area contributed by atoms with Crippen molar-refractivity contribution >= 4 is 32.8 Å². The molecule has 1 aromatic rings. The Bertz CT molecular complexity index is 568. The van der Waals surface area contributed by atoms with Crippen molar-refractivity contribution in [3.8, 4) is 0 Å². The van der Waals surface area contributed by atoms with Gasteiger partial charge in [0.2, 0.25) is 0 Å². The molecule has 0 amide bonds. The molecule has 1 aromatic heterocycles. The summed E-state index contributed by atoms with van der Waals surface area (Å²) in [7, 11) is -1.01. The fraction of sp³-hybridized carbons (Fsp3) is 0.714. The summed E-state index contributed by atoms with van der Waals surface area (Å²) in [6.45, 7) is 2.01. The van der Waals surface area contributed by atoms with Crippen molar-refractivity contribution in [2.45, 2.75) is 43.9 Å². The van der Waals surface area contributed by atoms with Crippen molar-refractivity contribution < 1.29 is 8.42 Å². The van der Waals surface area contributed by atoms with Crippen LogP contribution < -0.4 is 5.32 Å². The van der Waals surface area contributed by atoms with Crippen molar-refractivity contribution in [2.75, 3.05) is 13.3 Å². The lowest BCUT2D eigenvalue weighted by molar-refractivity contribution is 0.285. The van der Waals surface area contributed by atoms with Gasteiger partial charge in [-0.05, 0) is 50.1 Å². The highest BCUT2D eigenvalue weighted by Crippen LogP contribution is 2.41. The number of hydrogen-bond acceptors (Lipinski definition) is 4. The predicted molar refractivity (Wildman–Crippen MR) is 86.5 cm³/mol. The number of thiophene rings is 1. The SMILES string of the molecule is CNC(c1scc(C)c1Cl)C1CCCC(S(C)(=O)=O)C1. The summed E-state index contributed by atoms with van der Waals surface area (Å²) in [6, 6.07) is 0.158. The smallest absolute Gasteiger partial charge is 0.150 e. The van der Waals surface area contributed by atoms with Crippen LogP contribution in [-0.4, -0.2) is 27.0 Å². The van der Waals surface area contributed by atoms with Crippen molar-refractivity contribution in [3.05, 3.63) is 20.8 Å². The minimum Gasteiger partial charge on any atom is -0.312 e. The maximum absolute atomic E-state index is 11.8. The first-order valence-corrected chi connectivity index (χ1v) is 10.2. The number of rotatable bonds is 4. The van der Waals surface area contributed by atoms with Gasteiger partial charge in [-0.2, -0.15) is 0 Å². The molecule has 1 heterocycles. The zero-order valence-electron chi connectivity index (χ0n) is 12.1. The summed E-state index contributed by atoms with van der Waals surface area (Å²) in [4.78, 5) is 1.14. The summed E-state index contributed by atoms with van der Waals surface area (Å²) >= 11 is 8.05. The largest absolute Gasteiger partial charge is 0.312 e. The normalized spacial score (nSPS) is 25.6. The van der Waals surface area contributed by atoms with Crippen LogP contribution in [0.25, 0.3) is 0 Å². The van der Waals surface area contributed by atoms with E-state index < -0.39 is 9.84 Å². The molecule has 6 heteroatoms. The summed E-state index contributed by atoms with van der Waals surface area (Å²) < 4.78 is 23.6. The number of nitrogens with one attached hydrogen (secondary N) is 1. The molecule has 0 spiro atoms. The Morgan fingerprint density at radius 2 is 2.15 bits per heavy atom. The van der Waals surface area contributed by atoms with E-state index in [0.29, 0.717) is 5.92 Å². The lowest BCUT2D eigenvalue weighted by Gasteiger charge is -2.33. The third-order valence-electron chi connectivity index (χ3n) is 4.26. The van der Waals surface area contributed by atoms with Gasteiger partial charge in [0.15, 0.2) is 0 Å². The van der Waals surface area contributed by atoms with Crippen molar-refractivity contribution in [2.24, 2.45) is 5.92 Å². The molecular weight excluding hydrogens is 314 g/mol. The topological polar surface area (TPSA) is 46.2 Å². The fourth-order valence-corrected chi connectivity index (χ4v) is 5.82. The van der Waals surface area contributed by atoms with Crippen LogP contribution in [0.4, 0.5) is 0 Å². The fourth-order valence-electron chi connectivity index (χ4n) is 3.11. The molecule has 0 bridgehead atoms. The second-order valence-corrected chi connectivity index (χ2v) is 9.36. The molecular formula is C14H22ClNO2S2. The molecule has 1 aliphatic rings. The lowest BCUT2D eigenvalue weighted by atomic mass is 9.83. The first-order chi connectivity index (χ1) is 9.34. The summed E-state index contributed by atoms with van der Waals surface area (Å²) in [5.74, 6) is 0.337. The van der Waals surface area contributed by atoms with Crippen molar-refractivity contribution in [1.82, 2.24) is 5.32 Å². The molecule has 0 aliphatic heterocycles. The van der Waals surface area contributed by atoms with Crippen LogP contribution in [0.3, 0.4) is 0 Å². The van der Waals surface area contributed by atoms with Crippen molar-refractivity contribution in [1.29, 1.82) is 0 Å². The van der Waals surface area contributed by atoms with Gasteiger partial charge in [0.25, 0.3) is 0 Å². The molecule has 0 saturated heterocycles. The molecule has 114 valence electrons. The molecule has 1 aliphatic carbocycles. The van der Waals surface area contributed by atoms with Gasteiger partial charge < -0.3 is 5.32 Å². The monoisotopic (exact) mass is 335 g/mol. The molecule has 1 saturated carbocycles. The van der Waals surface area contributed by atoms with Gasteiger partial charge in [-0.15, -0.1) is 11.3 Å². The van der Waals surface area contributed by atoms with E-state index in [4.69, 9.17) is 11.6 Å². The maximum atomic E-state index is 11.8. The average molecular weight is 336 g/mol. The minimum atomic E-state index is -2.95. The molecule has 0 aromatic carbocycles. The number of hydrogen-bond donors (Lipinski definition) is 1. The lowest BCUT2D eigenvalue weighted by Crippen LogP contribution is -2.34. The van der Waals surface area contributed by atoms with E-state index in [1.54, 1.807) is 11.3 Å². The van der Waals surface area contributed by atoms with Gasteiger partial charge in [0.05, 0.1) is 10.3 Å². The zero-order valence-corrected chi connectivity index (χ0v) is 14.5. The van der Waals surface area contributed by atoms with E-state index in [9.17, 15) is 8.42 Å². The number of halogens is 1. The van der Waals surface area contributed by atoms with E-state index in [-0.39, 0.29) is 11.3 Å². The molecule has 20 heavy (non-hydrogen) atoms. The standard InChI is InChI=1S/C14H22ClNO2S2/c1-9-8-19-14(12(9)15)13(16-2)10-5-4-6-11(7-10)20(3,17)18/h8,10-11,13,16H,4-7H2,1-3H3. The molecule has 2 rings (SSSR count). The highest BCUT2D eigenvalue weighted by atomic mass is 35.5. The van der Waals surface area contributed by atoms with Gasteiger partial charge in [-0.25, -0.2) is 8.42 Å². The third kappa shape index (κ3) is 3.38. The highest BCUT2D eigenvalue weighted by Gasteiger charge is 2.34.